The van der Waals surface area contributed by atoms with Gasteiger partial charge in [-0.2, -0.15) is 0 Å². The fraction of sp³-hybridized carbons (Fsp3) is 0.286. The predicted molar refractivity (Wildman–Crippen MR) is 111 cm³/mol. The number of esters is 1. The number of fused-ring (bicyclic) bond motifs is 1. The van der Waals surface area contributed by atoms with Crippen molar-refractivity contribution in [2.24, 2.45) is 0 Å². The molecule has 1 unspecified atom stereocenters. The summed E-state index contributed by atoms with van der Waals surface area (Å²) in [6.07, 6.45) is 0.306. The van der Waals surface area contributed by atoms with Crippen LogP contribution in [0.3, 0.4) is 0 Å². The maximum Gasteiger partial charge on any atom is 0.329 e. The largest absolute Gasteiger partial charge is 0.497 e. The molecule has 0 saturated carbocycles. The standard InChI is InChI=1S/C21H22N2O5S/c1-13(24)22-15-6-9-17-19(11-15)29-12-20(25)23(17)18(21(26)28-3)10-14-4-7-16(27-2)8-5-14/h4-9,11,18H,10,12H2,1-3H3,(H,22,24). The number of ether oxygens (including phenoxy) is 2. The SMILES string of the molecule is COC(=O)C(Cc1ccc(OC)cc1)N1C(=O)CSc2cc(NC(C)=O)ccc21. The Morgan fingerprint density at radius 3 is 2.52 bits per heavy atom. The Balaban J connectivity index is 1.95. The molecule has 0 saturated heterocycles. The Morgan fingerprint density at radius 1 is 1.17 bits per heavy atom. The number of hydrogen-bond acceptors (Lipinski definition) is 6. The van der Waals surface area contributed by atoms with Crippen molar-refractivity contribution in [1.82, 2.24) is 0 Å². The van der Waals surface area contributed by atoms with Crippen molar-refractivity contribution in [3.05, 3.63) is 48.0 Å². The van der Waals surface area contributed by atoms with Gasteiger partial charge < -0.3 is 14.8 Å². The zero-order chi connectivity index (χ0) is 21.0. The number of carbonyl (C=O) groups is 3. The lowest BCUT2D eigenvalue weighted by molar-refractivity contribution is -0.143. The first-order valence-electron chi connectivity index (χ1n) is 9.00. The lowest BCUT2D eigenvalue weighted by Gasteiger charge is -2.34. The number of thioether (sulfide) groups is 1. The highest BCUT2D eigenvalue weighted by Crippen LogP contribution is 2.39. The zero-order valence-corrected chi connectivity index (χ0v) is 17.2. The van der Waals surface area contributed by atoms with Crippen molar-refractivity contribution in [1.29, 1.82) is 0 Å². The molecule has 1 atom stereocenters. The van der Waals surface area contributed by atoms with Crippen molar-refractivity contribution < 1.29 is 23.9 Å². The minimum Gasteiger partial charge on any atom is -0.497 e. The number of benzene rings is 2. The molecule has 8 heteroatoms. The van der Waals surface area contributed by atoms with Crippen LogP contribution in [-0.2, 0) is 25.5 Å². The van der Waals surface area contributed by atoms with Crippen molar-refractivity contribution >= 4 is 40.9 Å². The van der Waals surface area contributed by atoms with Gasteiger partial charge >= 0.3 is 5.97 Å². The van der Waals surface area contributed by atoms with Gasteiger partial charge in [-0.1, -0.05) is 12.1 Å². The number of nitrogens with zero attached hydrogens (tertiary/aromatic N) is 1. The van der Waals surface area contributed by atoms with Gasteiger partial charge in [-0.05, 0) is 35.9 Å². The van der Waals surface area contributed by atoms with Crippen LogP contribution in [-0.4, -0.2) is 43.8 Å². The molecule has 1 N–H and O–H groups in total. The quantitative estimate of drug-likeness (QED) is 0.732. The van der Waals surface area contributed by atoms with Crippen LogP contribution in [0.5, 0.6) is 5.75 Å². The molecule has 0 fully saturated rings. The van der Waals surface area contributed by atoms with Gasteiger partial charge in [0.05, 0.1) is 25.7 Å². The highest BCUT2D eigenvalue weighted by molar-refractivity contribution is 8.00. The highest BCUT2D eigenvalue weighted by atomic mass is 32.2. The molecule has 1 heterocycles. The van der Waals surface area contributed by atoms with Crippen LogP contribution >= 0.6 is 11.8 Å². The van der Waals surface area contributed by atoms with E-state index in [4.69, 9.17) is 9.47 Å². The van der Waals surface area contributed by atoms with E-state index in [1.165, 1.54) is 30.7 Å². The third kappa shape index (κ3) is 4.71. The van der Waals surface area contributed by atoms with Crippen LogP contribution in [0, 0.1) is 0 Å². The third-order valence-corrected chi connectivity index (χ3v) is 5.56. The van der Waals surface area contributed by atoms with Gasteiger partial charge in [0.15, 0.2) is 0 Å². The summed E-state index contributed by atoms with van der Waals surface area (Å²) in [7, 11) is 2.90. The molecule has 3 rings (SSSR count). The molecule has 0 aliphatic carbocycles. The third-order valence-electron chi connectivity index (χ3n) is 4.53. The van der Waals surface area contributed by atoms with Gasteiger partial charge in [0.2, 0.25) is 11.8 Å². The second kappa shape index (κ2) is 9.00. The van der Waals surface area contributed by atoms with Crippen molar-refractivity contribution in [2.45, 2.75) is 24.3 Å². The number of nitrogens with one attached hydrogen (secondary N) is 1. The first-order chi connectivity index (χ1) is 13.9. The Hall–Kier alpha value is -3.00. The summed E-state index contributed by atoms with van der Waals surface area (Å²) in [4.78, 5) is 39.0. The van der Waals surface area contributed by atoms with Gasteiger partial charge in [0, 0.05) is 23.9 Å². The van der Waals surface area contributed by atoms with Crippen LogP contribution in [0.2, 0.25) is 0 Å². The van der Waals surface area contributed by atoms with Crippen LogP contribution in [0.1, 0.15) is 12.5 Å². The van der Waals surface area contributed by atoms with Gasteiger partial charge in [-0.15, -0.1) is 11.8 Å². The van der Waals surface area contributed by atoms with E-state index in [1.54, 1.807) is 19.2 Å². The maximum absolute atomic E-state index is 12.8. The number of amides is 2. The summed E-state index contributed by atoms with van der Waals surface area (Å²) in [6, 6.07) is 11.8. The van der Waals surface area contributed by atoms with Crippen molar-refractivity contribution in [2.75, 3.05) is 30.2 Å². The molecule has 0 aromatic heterocycles. The average Bonchev–Trinajstić information content (AvgIpc) is 2.72. The number of carbonyl (C=O) groups excluding carboxylic acids is 3. The first kappa shape index (κ1) is 20.7. The van der Waals surface area contributed by atoms with E-state index in [9.17, 15) is 14.4 Å². The Kier molecular flexibility index (Phi) is 6.43. The van der Waals surface area contributed by atoms with Crippen LogP contribution < -0.4 is 15.0 Å². The van der Waals surface area contributed by atoms with Crippen molar-refractivity contribution in [3.63, 3.8) is 0 Å². The van der Waals surface area contributed by atoms with E-state index in [1.807, 2.05) is 30.3 Å². The monoisotopic (exact) mass is 414 g/mol. The fourth-order valence-electron chi connectivity index (χ4n) is 3.20. The second-order valence-corrected chi connectivity index (χ2v) is 7.52. The second-order valence-electron chi connectivity index (χ2n) is 6.51. The van der Waals surface area contributed by atoms with Gasteiger partial charge in [0.1, 0.15) is 11.8 Å². The minimum absolute atomic E-state index is 0.168. The zero-order valence-electron chi connectivity index (χ0n) is 16.4. The molecular formula is C21H22N2O5S. The van der Waals surface area contributed by atoms with Gasteiger partial charge in [-0.3, -0.25) is 14.5 Å². The number of hydrogen-bond donors (Lipinski definition) is 1. The average molecular weight is 414 g/mol. The predicted octanol–water partition coefficient (Wildman–Crippen LogP) is 2.88. The number of rotatable bonds is 6. The Bertz CT molecular complexity index is 929. The van der Waals surface area contributed by atoms with E-state index >= 15 is 0 Å². The van der Waals surface area contributed by atoms with Crippen LogP contribution in [0.4, 0.5) is 11.4 Å². The lowest BCUT2D eigenvalue weighted by atomic mass is 10.0. The normalized spacial score (nSPS) is 14.0. The molecule has 0 radical (unpaired) electrons. The molecule has 1 aliphatic rings. The van der Waals surface area contributed by atoms with E-state index in [-0.39, 0.29) is 17.6 Å². The number of anilines is 2. The summed E-state index contributed by atoms with van der Waals surface area (Å²) in [6.45, 7) is 1.44. The summed E-state index contributed by atoms with van der Waals surface area (Å²) in [5.41, 5.74) is 2.15. The van der Waals surface area contributed by atoms with E-state index in [0.29, 0.717) is 23.5 Å². The summed E-state index contributed by atoms with van der Waals surface area (Å²) in [5.74, 6) is 0.0825. The smallest absolute Gasteiger partial charge is 0.329 e. The molecule has 2 aromatic carbocycles. The molecule has 0 bridgehead atoms. The van der Waals surface area contributed by atoms with Crippen molar-refractivity contribution in [3.8, 4) is 5.75 Å². The first-order valence-corrected chi connectivity index (χ1v) is 9.98. The summed E-state index contributed by atoms with van der Waals surface area (Å²) >= 11 is 1.38. The molecule has 7 nitrogen and oxygen atoms in total. The van der Waals surface area contributed by atoms with E-state index < -0.39 is 12.0 Å². The molecule has 2 aromatic rings. The summed E-state index contributed by atoms with van der Waals surface area (Å²) in [5, 5.41) is 2.74. The fourth-order valence-corrected chi connectivity index (χ4v) is 4.14. The van der Waals surface area contributed by atoms with Crippen LogP contribution in [0.25, 0.3) is 0 Å². The summed E-state index contributed by atoms with van der Waals surface area (Å²) < 4.78 is 10.2. The maximum atomic E-state index is 12.8. The van der Waals surface area contributed by atoms with Crippen LogP contribution in [0.15, 0.2) is 47.4 Å². The Labute approximate surface area is 173 Å². The molecular weight excluding hydrogens is 392 g/mol. The van der Waals surface area contributed by atoms with Gasteiger partial charge in [0.25, 0.3) is 0 Å². The van der Waals surface area contributed by atoms with E-state index in [0.717, 1.165) is 10.5 Å². The molecule has 1 aliphatic heterocycles. The number of methoxy groups -OCH3 is 2. The molecule has 0 spiro atoms. The molecule has 2 amide bonds. The topological polar surface area (TPSA) is 84.9 Å². The minimum atomic E-state index is -0.799. The molecule has 152 valence electrons. The highest BCUT2D eigenvalue weighted by Gasteiger charge is 2.36. The lowest BCUT2D eigenvalue weighted by Crippen LogP contribution is -2.49. The van der Waals surface area contributed by atoms with Gasteiger partial charge in [-0.25, -0.2) is 4.79 Å². The van der Waals surface area contributed by atoms with E-state index in [2.05, 4.69) is 5.32 Å². The molecule has 29 heavy (non-hydrogen) atoms. The Morgan fingerprint density at radius 2 is 1.90 bits per heavy atom.